The topological polar surface area (TPSA) is 15.3 Å². The molecule has 0 bridgehead atoms. The smallest absolute Gasteiger partial charge is 0.311 e. The molecule has 1 aliphatic heterocycles. The lowest BCUT2D eigenvalue weighted by molar-refractivity contribution is -0.182. The van der Waals surface area contributed by atoms with Crippen molar-refractivity contribution in [1.82, 2.24) is 10.2 Å². The first-order chi connectivity index (χ1) is 8.86. The molecule has 2 atom stereocenters. The number of hydrogen-bond acceptors (Lipinski definition) is 2. The van der Waals surface area contributed by atoms with Crippen molar-refractivity contribution in [3.05, 3.63) is 0 Å². The molecule has 2 fully saturated rings. The molecule has 2 rings (SSSR count). The van der Waals surface area contributed by atoms with Crippen molar-refractivity contribution in [2.75, 3.05) is 20.1 Å². The Morgan fingerprint density at radius 1 is 1.05 bits per heavy atom. The zero-order valence-corrected chi connectivity index (χ0v) is 11.8. The van der Waals surface area contributed by atoms with Crippen LogP contribution in [0.5, 0.6) is 0 Å². The van der Waals surface area contributed by atoms with Crippen molar-refractivity contribution in [2.45, 2.75) is 57.3 Å². The van der Waals surface area contributed by atoms with E-state index < -0.39 is 12.1 Å². The molecule has 19 heavy (non-hydrogen) atoms. The van der Waals surface area contributed by atoms with E-state index in [0.29, 0.717) is 37.6 Å². The van der Waals surface area contributed by atoms with E-state index in [0.717, 1.165) is 19.5 Å². The third kappa shape index (κ3) is 4.09. The fourth-order valence-corrected chi connectivity index (χ4v) is 3.49. The maximum atomic E-state index is 12.6. The molecule has 2 aliphatic rings. The third-order valence-corrected chi connectivity index (χ3v) is 4.75. The van der Waals surface area contributed by atoms with Gasteiger partial charge >= 0.3 is 6.18 Å². The first-order valence-electron chi connectivity index (χ1n) is 7.37. The van der Waals surface area contributed by atoms with Crippen LogP contribution in [0.1, 0.15) is 39.0 Å². The largest absolute Gasteiger partial charge is 0.391 e. The molecule has 1 aliphatic carbocycles. The zero-order valence-electron chi connectivity index (χ0n) is 11.8. The Bertz CT molecular complexity index is 285. The van der Waals surface area contributed by atoms with E-state index in [4.69, 9.17) is 0 Å². The molecule has 1 N–H and O–H groups in total. The van der Waals surface area contributed by atoms with Crippen LogP contribution in [0.4, 0.5) is 13.2 Å². The number of nitrogens with one attached hydrogen (secondary N) is 1. The molecule has 0 amide bonds. The summed E-state index contributed by atoms with van der Waals surface area (Å²) in [5.74, 6) is -0.487. The van der Waals surface area contributed by atoms with Crippen LogP contribution in [0, 0.1) is 11.8 Å². The summed E-state index contributed by atoms with van der Waals surface area (Å²) in [5.41, 5.74) is 0. The van der Waals surface area contributed by atoms with Gasteiger partial charge in [-0.3, -0.25) is 0 Å². The quantitative estimate of drug-likeness (QED) is 0.835. The van der Waals surface area contributed by atoms with Gasteiger partial charge in [0.25, 0.3) is 0 Å². The predicted molar refractivity (Wildman–Crippen MR) is 70.0 cm³/mol. The minimum Gasteiger partial charge on any atom is -0.311 e. The van der Waals surface area contributed by atoms with Crippen LogP contribution in [0.3, 0.4) is 0 Å². The molecule has 2 nitrogen and oxygen atoms in total. The highest BCUT2D eigenvalue weighted by Crippen LogP contribution is 2.37. The molecule has 0 radical (unpaired) electrons. The van der Waals surface area contributed by atoms with Crippen molar-refractivity contribution in [2.24, 2.45) is 11.8 Å². The first-order valence-corrected chi connectivity index (χ1v) is 7.37. The van der Waals surface area contributed by atoms with Crippen LogP contribution in [-0.4, -0.2) is 43.3 Å². The molecular formula is C14H25F3N2. The van der Waals surface area contributed by atoms with Gasteiger partial charge in [0.15, 0.2) is 0 Å². The Balaban J connectivity index is 1.76. The normalized spacial score (nSPS) is 38.4. The van der Waals surface area contributed by atoms with Crippen LogP contribution in [-0.2, 0) is 0 Å². The van der Waals surface area contributed by atoms with Gasteiger partial charge in [0.2, 0.25) is 0 Å². The summed E-state index contributed by atoms with van der Waals surface area (Å²) in [7, 11) is 2.13. The van der Waals surface area contributed by atoms with Crippen molar-refractivity contribution in [3.8, 4) is 0 Å². The van der Waals surface area contributed by atoms with Gasteiger partial charge in [0, 0.05) is 18.6 Å². The molecule has 1 heterocycles. The lowest BCUT2D eigenvalue weighted by Crippen LogP contribution is -2.51. The van der Waals surface area contributed by atoms with Gasteiger partial charge in [-0.25, -0.2) is 0 Å². The van der Waals surface area contributed by atoms with E-state index in [9.17, 15) is 13.2 Å². The number of nitrogens with zero attached hydrogens (tertiary/aromatic N) is 1. The van der Waals surface area contributed by atoms with E-state index in [1.54, 1.807) is 0 Å². The maximum Gasteiger partial charge on any atom is 0.391 e. The molecule has 112 valence electrons. The standard InChI is InChI=1S/C14H25F3N2/c1-10-9-19(2)8-7-13(10)18-12-5-3-11(4-6-12)14(15,16)17/h10-13,18H,3-9H2,1-2H3. The maximum absolute atomic E-state index is 12.6. The highest BCUT2D eigenvalue weighted by Gasteiger charge is 2.41. The average molecular weight is 278 g/mol. The Labute approximate surface area is 113 Å². The molecule has 0 aromatic heterocycles. The van der Waals surface area contributed by atoms with E-state index in [2.05, 4.69) is 24.2 Å². The fourth-order valence-electron chi connectivity index (χ4n) is 3.49. The molecule has 2 unspecified atom stereocenters. The average Bonchev–Trinajstić information content (AvgIpc) is 2.32. The van der Waals surface area contributed by atoms with Gasteiger partial charge in [0.1, 0.15) is 0 Å². The number of halogens is 3. The minimum atomic E-state index is -3.99. The van der Waals surface area contributed by atoms with Gasteiger partial charge in [-0.2, -0.15) is 13.2 Å². The number of alkyl halides is 3. The summed E-state index contributed by atoms with van der Waals surface area (Å²) in [6.07, 6.45) is -0.959. The zero-order chi connectivity index (χ0) is 14.0. The van der Waals surface area contributed by atoms with Gasteiger partial charge in [-0.15, -0.1) is 0 Å². The summed E-state index contributed by atoms with van der Waals surface area (Å²) in [5, 5.41) is 3.61. The summed E-state index contributed by atoms with van der Waals surface area (Å²) >= 11 is 0. The van der Waals surface area contributed by atoms with E-state index >= 15 is 0 Å². The fraction of sp³-hybridized carbons (Fsp3) is 1.00. The predicted octanol–water partition coefficient (Wildman–Crippen LogP) is 3.04. The van der Waals surface area contributed by atoms with Crippen LogP contribution in [0.15, 0.2) is 0 Å². The molecule has 0 spiro atoms. The van der Waals surface area contributed by atoms with Gasteiger partial charge in [-0.1, -0.05) is 6.92 Å². The molecule has 0 aromatic carbocycles. The Kier molecular flexibility index (Phi) is 4.77. The second-order valence-corrected chi connectivity index (χ2v) is 6.39. The second-order valence-electron chi connectivity index (χ2n) is 6.39. The van der Waals surface area contributed by atoms with E-state index in [-0.39, 0.29) is 6.04 Å². The molecule has 0 aromatic rings. The summed E-state index contributed by atoms with van der Waals surface area (Å²) in [6, 6.07) is 0.762. The molecule has 5 heteroatoms. The number of piperidine rings is 1. The summed E-state index contributed by atoms with van der Waals surface area (Å²) in [6.45, 7) is 4.39. The SMILES string of the molecule is CC1CN(C)CCC1NC1CCC(C(F)(F)F)CC1. The Morgan fingerprint density at radius 2 is 1.68 bits per heavy atom. The second kappa shape index (κ2) is 6.00. The summed E-state index contributed by atoms with van der Waals surface area (Å²) in [4.78, 5) is 2.32. The lowest BCUT2D eigenvalue weighted by atomic mass is 9.84. The van der Waals surface area contributed by atoms with Crippen molar-refractivity contribution >= 4 is 0 Å². The van der Waals surface area contributed by atoms with Crippen LogP contribution >= 0.6 is 0 Å². The molecule has 1 saturated carbocycles. The van der Waals surface area contributed by atoms with Crippen LogP contribution in [0.2, 0.25) is 0 Å². The molecular weight excluding hydrogens is 253 g/mol. The van der Waals surface area contributed by atoms with Gasteiger partial charge in [-0.05, 0) is 51.6 Å². The highest BCUT2D eigenvalue weighted by atomic mass is 19.4. The highest BCUT2D eigenvalue weighted by molar-refractivity contribution is 4.87. The van der Waals surface area contributed by atoms with Gasteiger partial charge in [0.05, 0.1) is 5.92 Å². The Hall–Kier alpha value is -0.290. The lowest BCUT2D eigenvalue weighted by Gasteiger charge is -2.39. The van der Waals surface area contributed by atoms with Crippen molar-refractivity contribution in [3.63, 3.8) is 0 Å². The van der Waals surface area contributed by atoms with Crippen molar-refractivity contribution < 1.29 is 13.2 Å². The number of hydrogen-bond donors (Lipinski definition) is 1. The Morgan fingerprint density at radius 3 is 2.21 bits per heavy atom. The third-order valence-electron chi connectivity index (χ3n) is 4.75. The minimum absolute atomic E-state index is 0.287. The van der Waals surface area contributed by atoms with E-state index in [1.165, 1.54) is 0 Å². The summed E-state index contributed by atoms with van der Waals surface area (Å²) < 4.78 is 37.8. The number of likely N-dealkylation sites (tertiary alicyclic amines) is 1. The first kappa shape index (κ1) is 15.1. The monoisotopic (exact) mass is 278 g/mol. The number of rotatable bonds is 2. The van der Waals surface area contributed by atoms with Crippen LogP contribution < -0.4 is 5.32 Å². The van der Waals surface area contributed by atoms with Crippen LogP contribution in [0.25, 0.3) is 0 Å². The molecule has 1 saturated heterocycles. The van der Waals surface area contributed by atoms with Crippen molar-refractivity contribution in [1.29, 1.82) is 0 Å². The van der Waals surface area contributed by atoms with E-state index in [1.807, 2.05) is 0 Å². The van der Waals surface area contributed by atoms with Gasteiger partial charge < -0.3 is 10.2 Å².